The van der Waals surface area contributed by atoms with Crippen LogP contribution in [0.4, 0.5) is 0 Å². The third-order valence-corrected chi connectivity index (χ3v) is 6.41. The molecule has 1 aliphatic carbocycles. The van der Waals surface area contributed by atoms with Crippen LogP contribution in [0.3, 0.4) is 0 Å². The molecule has 2 aliphatic rings. The summed E-state index contributed by atoms with van der Waals surface area (Å²) in [7, 11) is -3.53. The van der Waals surface area contributed by atoms with E-state index in [9.17, 15) is 13.5 Å². The summed E-state index contributed by atoms with van der Waals surface area (Å²) in [6.07, 6.45) is 5.85. The molecule has 0 amide bonds. The summed E-state index contributed by atoms with van der Waals surface area (Å²) in [6, 6.07) is 4.91. The molecule has 1 saturated heterocycles. The minimum absolute atomic E-state index is 0.0588. The maximum Gasteiger partial charge on any atom is 0.260 e. The second kappa shape index (κ2) is 5.09. The van der Waals surface area contributed by atoms with Crippen LogP contribution in [0.15, 0.2) is 29.4 Å². The molecule has 1 aromatic heterocycles. The van der Waals surface area contributed by atoms with Crippen LogP contribution in [-0.2, 0) is 10.0 Å². The van der Waals surface area contributed by atoms with Crippen LogP contribution < -0.4 is 0 Å². The second-order valence-corrected chi connectivity index (χ2v) is 7.71. The number of piperidine rings is 1. The number of aromatic nitrogens is 1. The zero-order valence-electron chi connectivity index (χ0n) is 11.4. The fourth-order valence-corrected chi connectivity index (χ4v) is 4.81. The number of aliphatic hydroxyl groups is 1. The zero-order valence-corrected chi connectivity index (χ0v) is 12.2. The second-order valence-electron chi connectivity index (χ2n) is 5.83. The third-order valence-electron chi connectivity index (χ3n) is 4.63. The van der Waals surface area contributed by atoms with Gasteiger partial charge in [0, 0.05) is 25.2 Å². The number of nitrogens with zero attached hydrogens (tertiary/aromatic N) is 2. The molecule has 6 heteroatoms. The Labute approximate surface area is 119 Å². The quantitative estimate of drug-likeness (QED) is 0.895. The van der Waals surface area contributed by atoms with Gasteiger partial charge in [-0.2, -0.15) is 4.31 Å². The monoisotopic (exact) mass is 296 g/mol. The van der Waals surface area contributed by atoms with Gasteiger partial charge in [-0.3, -0.25) is 0 Å². The summed E-state index contributed by atoms with van der Waals surface area (Å²) < 4.78 is 26.6. The van der Waals surface area contributed by atoms with Gasteiger partial charge in [-0.05, 0) is 31.4 Å². The lowest BCUT2D eigenvalue weighted by Gasteiger charge is -2.46. The van der Waals surface area contributed by atoms with Crippen molar-refractivity contribution in [2.24, 2.45) is 5.92 Å². The predicted octanol–water partition coefficient (Wildman–Crippen LogP) is 1.40. The van der Waals surface area contributed by atoms with Crippen molar-refractivity contribution in [3.05, 3.63) is 24.4 Å². The van der Waals surface area contributed by atoms with Gasteiger partial charge in [-0.1, -0.05) is 18.9 Å². The molecule has 1 aliphatic heterocycles. The first kappa shape index (κ1) is 14.0. The highest BCUT2D eigenvalue weighted by atomic mass is 32.2. The number of sulfonamides is 1. The molecule has 2 unspecified atom stereocenters. The van der Waals surface area contributed by atoms with E-state index in [-0.39, 0.29) is 10.9 Å². The molecule has 3 rings (SSSR count). The highest BCUT2D eigenvalue weighted by Gasteiger charge is 2.45. The molecule has 1 N–H and O–H groups in total. The summed E-state index contributed by atoms with van der Waals surface area (Å²) in [5.41, 5.74) is -0.658. The van der Waals surface area contributed by atoms with Gasteiger partial charge in [0.25, 0.3) is 10.0 Å². The molecule has 110 valence electrons. The van der Waals surface area contributed by atoms with E-state index in [2.05, 4.69) is 4.98 Å². The number of fused-ring (bicyclic) bond motifs is 1. The summed E-state index contributed by atoms with van der Waals surface area (Å²) in [5, 5.41) is 10.7. The van der Waals surface area contributed by atoms with Crippen LogP contribution in [0.2, 0.25) is 0 Å². The Balaban J connectivity index is 1.83. The molecule has 2 fully saturated rings. The predicted molar refractivity (Wildman–Crippen MR) is 74.5 cm³/mol. The van der Waals surface area contributed by atoms with E-state index in [0.29, 0.717) is 19.5 Å². The minimum Gasteiger partial charge on any atom is -0.390 e. The van der Waals surface area contributed by atoms with Gasteiger partial charge in [-0.25, -0.2) is 13.4 Å². The highest BCUT2D eigenvalue weighted by Crippen LogP contribution is 2.40. The molecular weight excluding hydrogens is 276 g/mol. The van der Waals surface area contributed by atoms with Crippen LogP contribution in [0.25, 0.3) is 0 Å². The average molecular weight is 296 g/mol. The average Bonchev–Trinajstić information content (AvgIpc) is 2.47. The Morgan fingerprint density at radius 1 is 1.30 bits per heavy atom. The molecule has 5 nitrogen and oxygen atoms in total. The Hall–Kier alpha value is -0.980. The Kier molecular flexibility index (Phi) is 3.56. The summed E-state index contributed by atoms with van der Waals surface area (Å²) >= 11 is 0. The largest absolute Gasteiger partial charge is 0.390 e. The van der Waals surface area contributed by atoms with Gasteiger partial charge >= 0.3 is 0 Å². The topological polar surface area (TPSA) is 70.5 Å². The van der Waals surface area contributed by atoms with Crippen molar-refractivity contribution in [3.8, 4) is 0 Å². The van der Waals surface area contributed by atoms with Crippen molar-refractivity contribution in [2.75, 3.05) is 13.1 Å². The fraction of sp³-hybridized carbons (Fsp3) is 0.643. The molecule has 1 saturated carbocycles. The van der Waals surface area contributed by atoms with E-state index in [1.54, 1.807) is 12.1 Å². The van der Waals surface area contributed by atoms with Gasteiger partial charge in [-0.15, -0.1) is 0 Å². The molecule has 1 aromatic rings. The maximum atomic E-state index is 12.5. The fourth-order valence-electron chi connectivity index (χ4n) is 3.39. The summed E-state index contributed by atoms with van der Waals surface area (Å²) in [6.45, 7) is 0.793. The first-order valence-corrected chi connectivity index (χ1v) is 8.60. The van der Waals surface area contributed by atoms with Gasteiger partial charge in [0.05, 0.1) is 5.60 Å². The maximum absolute atomic E-state index is 12.5. The summed E-state index contributed by atoms with van der Waals surface area (Å²) in [4.78, 5) is 3.95. The van der Waals surface area contributed by atoms with Crippen molar-refractivity contribution < 1.29 is 13.5 Å². The van der Waals surface area contributed by atoms with Crippen LogP contribution in [0.5, 0.6) is 0 Å². The van der Waals surface area contributed by atoms with Crippen molar-refractivity contribution in [1.29, 1.82) is 0 Å². The van der Waals surface area contributed by atoms with Crippen LogP contribution in [0.1, 0.15) is 32.1 Å². The van der Waals surface area contributed by atoms with Crippen molar-refractivity contribution in [3.63, 3.8) is 0 Å². The van der Waals surface area contributed by atoms with E-state index in [4.69, 9.17) is 0 Å². The SMILES string of the molecule is O=S(=O)(c1ccccn1)N1CCC2(O)CCCCC2C1. The van der Waals surface area contributed by atoms with Gasteiger partial charge < -0.3 is 5.11 Å². The van der Waals surface area contributed by atoms with Crippen LogP contribution in [0, 0.1) is 5.92 Å². The lowest BCUT2D eigenvalue weighted by molar-refractivity contribution is -0.0817. The molecular formula is C14H20N2O3S. The normalized spacial score (nSPS) is 31.8. The van der Waals surface area contributed by atoms with E-state index >= 15 is 0 Å². The Morgan fingerprint density at radius 2 is 2.15 bits per heavy atom. The number of pyridine rings is 1. The molecule has 2 heterocycles. The van der Waals surface area contributed by atoms with E-state index in [0.717, 1.165) is 25.7 Å². The Bertz CT molecular complexity index is 575. The first-order chi connectivity index (χ1) is 9.52. The third kappa shape index (κ3) is 2.36. The van der Waals surface area contributed by atoms with Crippen LogP contribution in [-0.4, -0.2) is 41.5 Å². The Morgan fingerprint density at radius 3 is 2.90 bits per heavy atom. The smallest absolute Gasteiger partial charge is 0.260 e. The zero-order chi connectivity index (χ0) is 14.2. The van der Waals surface area contributed by atoms with Crippen LogP contribution >= 0.6 is 0 Å². The molecule has 0 aromatic carbocycles. The highest BCUT2D eigenvalue weighted by molar-refractivity contribution is 7.89. The van der Waals surface area contributed by atoms with Gasteiger partial charge in [0.2, 0.25) is 0 Å². The van der Waals surface area contributed by atoms with E-state index in [1.807, 2.05) is 0 Å². The number of hydrogen-bond acceptors (Lipinski definition) is 4. The summed E-state index contributed by atoms with van der Waals surface area (Å²) in [5.74, 6) is 0.0588. The van der Waals surface area contributed by atoms with E-state index in [1.165, 1.54) is 16.6 Å². The first-order valence-electron chi connectivity index (χ1n) is 7.16. The molecule has 20 heavy (non-hydrogen) atoms. The van der Waals surface area contributed by atoms with Crippen molar-refractivity contribution in [2.45, 2.75) is 42.7 Å². The number of rotatable bonds is 2. The molecule has 0 radical (unpaired) electrons. The lowest BCUT2D eigenvalue weighted by Crippen LogP contribution is -2.54. The molecule has 0 bridgehead atoms. The van der Waals surface area contributed by atoms with E-state index < -0.39 is 15.6 Å². The lowest BCUT2D eigenvalue weighted by atomic mass is 9.72. The van der Waals surface area contributed by atoms with Crippen molar-refractivity contribution in [1.82, 2.24) is 9.29 Å². The standard InChI is InChI=1S/C14H20N2O3S/c17-14-7-3-1-5-12(14)11-16(10-8-14)20(18,19)13-6-2-4-9-15-13/h2,4,6,9,12,17H,1,3,5,7-8,10-11H2. The minimum atomic E-state index is -3.53. The number of hydrogen-bond donors (Lipinski definition) is 1. The van der Waals surface area contributed by atoms with Gasteiger partial charge in [0.1, 0.15) is 0 Å². The van der Waals surface area contributed by atoms with Gasteiger partial charge in [0.15, 0.2) is 5.03 Å². The van der Waals surface area contributed by atoms with Crippen molar-refractivity contribution >= 4 is 10.0 Å². The molecule has 2 atom stereocenters. The molecule has 0 spiro atoms.